The van der Waals surface area contributed by atoms with E-state index in [1.54, 1.807) is 6.92 Å². The summed E-state index contributed by atoms with van der Waals surface area (Å²) in [6.45, 7) is 5.60. The van der Waals surface area contributed by atoms with Crippen molar-refractivity contribution in [3.63, 3.8) is 0 Å². The van der Waals surface area contributed by atoms with E-state index in [0.717, 1.165) is 18.8 Å². The van der Waals surface area contributed by atoms with Gasteiger partial charge in [0.1, 0.15) is 0 Å². The molecule has 1 fully saturated rings. The number of carbonyl (C=O) groups excluding carboxylic acids is 1. The van der Waals surface area contributed by atoms with Gasteiger partial charge in [0.15, 0.2) is 0 Å². The normalized spacial score (nSPS) is 26.9. The Morgan fingerprint density at radius 2 is 2.42 bits per heavy atom. The highest BCUT2D eigenvalue weighted by molar-refractivity contribution is 7.99. The van der Waals surface area contributed by atoms with E-state index in [1.807, 2.05) is 16.7 Å². The zero-order valence-corrected chi connectivity index (χ0v) is 8.43. The summed E-state index contributed by atoms with van der Waals surface area (Å²) in [6, 6.07) is -0.347. The summed E-state index contributed by atoms with van der Waals surface area (Å²) in [4.78, 5) is 13.3. The predicted molar refractivity (Wildman–Crippen MR) is 52.1 cm³/mol. The second-order valence-corrected chi connectivity index (χ2v) is 4.80. The zero-order chi connectivity index (χ0) is 9.14. The molecule has 2 N–H and O–H groups in total. The first kappa shape index (κ1) is 9.86. The van der Waals surface area contributed by atoms with Crippen molar-refractivity contribution >= 4 is 17.7 Å². The van der Waals surface area contributed by atoms with Crippen molar-refractivity contribution in [3.8, 4) is 0 Å². The van der Waals surface area contributed by atoms with Crippen LogP contribution in [0.3, 0.4) is 0 Å². The molecule has 70 valence electrons. The molecule has 3 nitrogen and oxygen atoms in total. The van der Waals surface area contributed by atoms with Gasteiger partial charge in [-0.2, -0.15) is 11.8 Å². The predicted octanol–water partition coefficient (Wildman–Crippen LogP) is 0.297. The average Bonchev–Trinajstić information content (AvgIpc) is 2.03. The molecule has 0 radical (unpaired) electrons. The van der Waals surface area contributed by atoms with Gasteiger partial charge in [-0.05, 0) is 6.92 Å². The molecule has 4 heteroatoms. The molecule has 1 saturated heterocycles. The third-order valence-corrected chi connectivity index (χ3v) is 3.08. The van der Waals surface area contributed by atoms with E-state index >= 15 is 0 Å². The SMILES string of the molecule is CC1CN(C(=O)[C@H](C)N)CCS1. The Morgan fingerprint density at radius 3 is 2.92 bits per heavy atom. The van der Waals surface area contributed by atoms with E-state index in [1.165, 1.54) is 0 Å². The van der Waals surface area contributed by atoms with E-state index in [0.29, 0.717) is 5.25 Å². The van der Waals surface area contributed by atoms with Gasteiger partial charge in [0.2, 0.25) is 5.91 Å². The number of rotatable bonds is 1. The first-order valence-electron chi connectivity index (χ1n) is 4.27. The highest BCUT2D eigenvalue weighted by Crippen LogP contribution is 2.17. The summed E-state index contributed by atoms with van der Waals surface area (Å²) >= 11 is 1.92. The molecule has 1 amide bonds. The summed E-state index contributed by atoms with van der Waals surface area (Å²) in [5.41, 5.74) is 5.51. The lowest BCUT2D eigenvalue weighted by atomic mass is 10.3. The van der Waals surface area contributed by atoms with Crippen LogP contribution in [0.2, 0.25) is 0 Å². The molecule has 0 spiro atoms. The van der Waals surface area contributed by atoms with Crippen LogP contribution in [0.25, 0.3) is 0 Å². The van der Waals surface area contributed by atoms with Crippen LogP contribution in [-0.2, 0) is 4.79 Å². The molecule has 1 aliphatic heterocycles. The van der Waals surface area contributed by atoms with Crippen molar-refractivity contribution in [2.75, 3.05) is 18.8 Å². The number of thioether (sulfide) groups is 1. The maximum absolute atomic E-state index is 11.4. The van der Waals surface area contributed by atoms with Crippen molar-refractivity contribution in [1.29, 1.82) is 0 Å². The average molecular weight is 188 g/mol. The van der Waals surface area contributed by atoms with Gasteiger partial charge in [0.25, 0.3) is 0 Å². The Labute approximate surface area is 77.7 Å². The molecule has 2 atom stereocenters. The minimum Gasteiger partial charge on any atom is -0.339 e. The summed E-state index contributed by atoms with van der Waals surface area (Å²) in [5.74, 6) is 1.13. The van der Waals surface area contributed by atoms with Gasteiger partial charge < -0.3 is 10.6 Å². The van der Waals surface area contributed by atoms with Crippen LogP contribution in [0.1, 0.15) is 13.8 Å². The lowest BCUT2D eigenvalue weighted by Crippen LogP contribution is -2.47. The fraction of sp³-hybridized carbons (Fsp3) is 0.875. The molecule has 0 aromatic heterocycles. The first-order chi connectivity index (χ1) is 5.61. The van der Waals surface area contributed by atoms with Crippen molar-refractivity contribution in [2.24, 2.45) is 5.73 Å². The molecular weight excluding hydrogens is 172 g/mol. The van der Waals surface area contributed by atoms with Crippen LogP contribution in [-0.4, -0.2) is 40.9 Å². The van der Waals surface area contributed by atoms with Gasteiger partial charge >= 0.3 is 0 Å². The monoisotopic (exact) mass is 188 g/mol. The highest BCUT2D eigenvalue weighted by Gasteiger charge is 2.22. The molecule has 0 aromatic rings. The maximum Gasteiger partial charge on any atom is 0.239 e. The summed E-state index contributed by atoms with van der Waals surface area (Å²) in [7, 11) is 0. The van der Waals surface area contributed by atoms with Crippen molar-refractivity contribution < 1.29 is 4.79 Å². The van der Waals surface area contributed by atoms with E-state index in [-0.39, 0.29) is 11.9 Å². The summed E-state index contributed by atoms with van der Waals surface area (Å²) in [6.07, 6.45) is 0. The second kappa shape index (κ2) is 4.14. The van der Waals surface area contributed by atoms with Gasteiger partial charge in [-0.25, -0.2) is 0 Å². The third-order valence-electron chi connectivity index (χ3n) is 1.94. The number of hydrogen-bond donors (Lipinski definition) is 1. The van der Waals surface area contributed by atoms with Crippen LogP contribution < -0.4 is 5.73 Å². The van der Waals surface area contributed by atoms with E-state index in [4.69, 9.17) is 5.73 Å². The Hall–Kier alpha value is -0.220. The molecule has 1 aliphatic rings. The summed E-state index contributed by atoms with van der Waals surface area (Å²) < 4.78 is 0. The van der Waals surface area contributed by atoms with E-state index < -0.39 is 0 Å². The Morgan fingerprint density at radius 1 is 1.75 bits per heavy atom. The molecular formula is C8H16N2OS. The van der Waals surface area contributed by atoms with Gasteiger partial charge in [0, 0.05) is 24.1 Å². The molecule has 1 heterocycles. The van der Waals surface area contributed by atoms with Crippen LogP contribution in [0.4, 0.5) is 0 Å². The highest BCUT2D eigenvalue weighted by atomic mass is 32.2. The number of nitrogens with zero attached hydrogens (tertiary/aromatic N) is 1. The molecule has 0 bridgehead atoms. The number of hydrogen-bond acceptors (Lipinski definition) is 3. The van der Waals surface area contributed by atoms with Crippen LogP contribution in [0.15, 0.2) is 0 Å². The molecule has 1 rings (SSSR count). The van der Waals surface area contributed by atoms with Crippen molar-refractivity contribution in [3.05, 3.63) is 0 Å². The van der Waals surface area contributed by atoms with Gasteiger partial charge in [0.05, 0.1) is 6.04 Å². The Bertz CT molecular complexity index is 172. The minimum absolute atomic E-state index is 0.0853. The third kappa shape index (κ3) is 2.38. The number of carbonyl (C=O) groups is 1. The first-order valence-corrected chi connectivity index (χ1v) is 5.32. The van der Waals surface area contributed by atoms with Crippen molar-refractivity contribution in [1.82, 2.24) is 4.90 Å². The smallest absolute Gasteiger partial charge is 0.239 e. The second-order valence-electron chi connectivity index (χ2n) is 3.25. The largest absolute Gasteiger partial charge is 0.339 e. The zero-order valence-electron chi connectivity index (χ0n) is 7.62. The Balaban J connectivity index is 2.46. The van der Waals surface area contributed by atoms with Crippen LogP contribution in [0, 0.1) is 0 Å². The van der Waals surface area contributed by atoms with E-state index in [2.05, 4.69) is 6.92 Å². The van der Waals surface area contributed by atoms with Crippen LogP contribution >= 0.6 is 11.8 Å². The lowest BCUT2D eigenvalue weighted by molar-refractivity contribution is -0.132. The van der Waals surface area contributed by atoms with Gasteiger partial charge in [-0.3, -0.25) is 4.79 Å². The lowest BCUT2D eigenvalue weighted by Gasteiger charge is -2.31. The number of nitrogens with two attached hydrogens (primary N) is 1. The van der Waals surface area contributed by atoms with Gasteiger partial charge in [-0.1, -0.05) is 6.92 Å². The maximum atomic E-state index is 11.4. The summed E-state index contributed by atoms with van der Waals surface area (Å²) in [5, 5.41) is 0.557. The number of amides is 1. The van der Waals surface area contributed by atoms with Crippen LogP contribution in [0.5, 0.6) is 0 Å². The molecule has 0 saturated carbocycles. The molecule has 1 unspecified atom stereocenters. The van der Waals surface area contributed by atoms with Gasteiger partial charge in [-0.15, -0.1) is 0 Å². The Kier molecular flexibility index (Phi) is 3.40. The molecule has 12 heavy (non-hydrogen) atoms. The molecule has 0 aliphatic carbocycles. The van der Waals surface area contributed by atoms with E-state index in [9.17, 15) is 4.79 Å². The topological polar surface area (TPSA) is 46.3 Å². The quantitative estimate of drug-likeness (QED) is 0.643. The van der Waals surface area contributed by atoms with Crippen molar-refractivity contribution in [2.45, 2.75) is 25.1 Å². The molecule has 0 aromatic carbocycles. The standard InChI is InChI=1S/C8H16N2OS/c1-6-5-10(3-4-12-6)8(11)7(2)9/h6-7H,3-5,9H2,1-2H3/t6?,7-/m0/s1. The fourth-order valence-corrected chi connectivity index (χ4v) is 2.32. The minimum atomic E-state index is -0.347. The fourth-order valence-electron chi connectivity index (χ4n) is 1.31.